The zero-order chi connectivity index (χ0) is 30.1. The molecule has 1 aromatic rings. The van der Waals surface area contributed by atoms with Gasteiger partial charge >= 0.3 is 11.9 Å². The summed E-state index contributed by atoms with van der Waals surface area (Å²) in [5, 5.41) is 35.7. The Bertz CT molecular complexity index is 1400. The molecule has 3 saturated carbocycles. The zero-order valence-corrected chi connectivity index (χ0v) is 23.9. The average molecular weight is 573 g/mol. The Balaban J connectivity index is 1.66. The molecule has 1 spiro atoms. The van der Waals surface area contributed by atoms with Gasteiger partial charge < -0.3 is 33.9 Å². The van der Waals surface area contributed by atoms with E-state index in [1.807, 2.05) is 6.92 Å². The van der Waals surface area contributed by atoms with E-state index in [1.54, 1.807) is 26.2 Å². The maximum Gasteiger partial charge on any atom is 0.323 e. The SMILES string of the molecule is CCC(=O)O[C@H]1[C@H](O)[C@@H]2[C@]3(C)C(=C(O)C(=O)[C@@]2(C)[C@@]24O[C@@H]2C[C@@H](c2ccoc2)[C@]14C)[C@@](C)(C(=O)OC)C(=O)C[C@@H]3O. The number of aliphatic hydroxyl groups is 3. The molecule has 11 heteroatoms. The number of hydrogen-bond donors (Lipinski definition) is 3. The van der Waals surface area contributed by atoms with Gasteiger partial charge in [0.25, 0.3) is 0 Å². The standard InChI is InChI=1S/C30H36O11/c1-7-18(33)40-24-20(35)22-26(2)15(31)11-16(32)27(3,25(37)38-6)21(26)19(34)23(36)29(22,5)30-17(41-30)10-14(28(24,30)4)13-8-9-39-12-13/h8-9,12,14-15,17,20,22,24,31,34-35H,7,10-11H2,1-6H3/t14-,15-,17+,20+,22+,24-,26-,27-,28+,29-,30+/m0/s1. The van der Waals surface area contributed by atoms with Crippen molar-refractivity contribution >= 4 is 23.5 Å². The van der Waals surface area contributed by atoms with Crippen LogP contribution in [0.5, 0.6) is 0 Å². The number of furan rings is 1. The number of carbonyl (C=O) groups is 4. The van der Waals surface area contributed by atoms with Crippen LogP contribution < -0.4 is 0 Å². The number of epoxide rings is 1. The fourth-order valence-electron chi connectivity index (χ4n) is 9.83. The number of carbonyl (C=O) groups excluding carboxylic acids is 4. The molecular formula is C30H36O11. The quantitative estimate of drug-likeness (QED) is 0.274. The van der Waals surface area contributed by atoms with E-state index < -0.39 is 93.3 Å². The number of esters is 2. The lowest BCUT2D eigenvalue weighted by molar-refractivity contribution is -0.254. The molecule has 6 rings (SSSR count). The summed E-state index contributed by atoms with van der Waals surface area (Å²) in [6.07, 6.45) is -1.73. The Hall–Kier alpha value is -3.02. The van der Waals surface area contributed by atoms with Crippen LogP contribution in [-0.4, -0.2) is 76.0 Å². The topological polar surface area (TPSA) is 173 Å². The van der Waals surface area contributed by atoms with Crippen molar-refractivity contribution in [3.63, 3.8) is 0 Å². The van der Waals surface area contributed by atoms with Gasteiger partial charge in [0.05, 0.1) is 43.4 Å². The van der Waals surface area contributed by atoms with Crippen molar-refractivity contribution in [1.82, 2.24) is 0 Å². The fourth-order valence-corrected chi connectivity index (χ4v) is 9.83. The van der Waals surface area contributed by atoms with E-state index in [-0.39, 0.29) is 17.9 Å². The number of allylic oxidation sites excluding steroid dienone is 1. The van der Waals surface area contributed by atoms with Crippen LogP contribution in [0.3, 0.4) is 0 Å². The molecule has 4 aliphatic carbocycles. The van der Waals surface area contributed by atoms with Crippen molar-refractivity contribution in [1.29, 1.82) is 0 Å². The maximum atomic E-state index is 14.6. The molecule has 0 radical (unpaired) electrons. The van der Waals surface area contributed by atoms with Gasteiger partial charge in [-0.05, 0) is 31.9 Å². The van der Waals surface area contributed by atoms with Gasteiger partial charge in [0.1, 0.15) is 17.1 Å². The fraction of sp³-hybridized carbons (Fsp3) is 0.667. The van der Waals surface area contributed by atoms with E-state index in [9.17, 15) is 34.5 Å². The van der Waals surface area contributed by atoms with Gasteiger partial charge in [-0.1, -0.05) is 20.8 Å². The van der Waals surface area contributed by atoms with E-state index in [0.29, 0.717) is 6.42 Å². The summed E-state index contributed by atoms with van der Waals surface area (Å²) < 4.78 is 22.8. The van der Waals surface area contributed by atoms with Crippen LogP contribution in [-0.2, 0) is 33.4 Å². The predicted octanol–water partition coefficient (Wildman–Crippen LogP) is 2.14. The number of rotatable bonds is 4. The number of aliphatic hydroxyl groups excluding tert-OH is 3. The van der Waals surface area contributed by atoms with E-state index >= 15 is 0 Å². The number of ether oxygens (including phenoxy) is 3. The van der Waals surface area contributed by atoms with E-state index in [0.717, 1.165) is 12.7 Å². The molecule has 0 bridgehead atoms. The molecule has 11 atom stereocenters. The number of fused-ring (bicyclic) bond motifs is 3. The summed E-state index contributed by atoms with van der Waals surface area (Å²) in [5.41, 5.74) is -7.45. The minimum Gasteiger partial charge on any atom is -0.504 e. The van der Waals surface area contributed by atoms with Crippen LogP contribution in [0.15, 0.2) is 34.3 Å². The molecule has 41 heavy (non-hydrogen) atoms. The number of methoxy groups -OCH3 is 1. The highest BCUT2D eigenvalue weighted by Gasteiger charge is 2.92. The second kappa shape index (κ2) is 8.29. The van der Waals surface area contributed by atoms with Gasteiger partial charge in [0.2, 0.25) is 5.78 Å². The molecule has 0 amide bonds. The smallest absolute Gasteiger partial charge is 0.323 e. The zero-order valence-electron chi connectivity index (χ0n) is 23.9. The van der Waals surface area contributed by atoms with Crippen LogP contribution >= 0.6 is 0 Å². The molecule has 1 aromatic heterocycles. The third-order valence-corrected chi connectivity index (χ3v) is 11.7. The van der Waals surface area contributed by atoms with Gasteiger partial charge in [0, 0.05) is 41.1 Å². The Morgan fingerprint density at radius 1 is 1.15 bits per heavy atom. The van der Waals surface area contributed by atoms with Crippen molar-refractivity contribution in [2.45, 2.75) is 89.8 Å². The molecule has 4 fully saturated rings. The Morgan fingerprint density at radius 2 is 1.83 bits per heavy atom. The minimum absolute atomic E-state index is 0.0224. The normalized spacial score (nSPS) is 48.1. The average Bonchev–Trinajstić information content (AvgIpc) is 3.29. The third kappa shape index (κ3) is 2.81. The summed E-state index contributed by atoms with van der Waals surface area (Å²) in [6, 6.07) is 1.78. The highest BCUT2D eigenvalue weighted by molar-refractivity contribution is 6.12. The van der Waals surface area contributed by atoms with Crippen molar-refractivity contribution in [3.05, 3.63) is 35.5 Å². The van der Waals surface area contributed by atoms with Gasteiger partial charge in [-0.2, -0.15) is 0 Å². The molecule has 5 aliphatic rings. The highest BCUT2D eigenvalue weighted by Crippen LogP contribution is 2.81. The number of hydrogen-bond acceptors (Lipinski definition) is 11. The van der Waals surface area contributed by atoms with Crippen LogP contribution in [0.25, 0.3) is 0 Å². The number of Topliss-reactive ketones (excluding diaryl/α,β-unsaturated/α-hetero) is 2. The van der Waals surface area contributed by atoms with Gasteiger partial charge in [-0.3, -0.25) is 19.2 Å². The molecule has 1 aliphatic heterocycles. The summed E-state index contributed by atoms with van der Waals surface area (Å²) in [7, 11) is 1.09. The van der Waals surface area contributed by atoms with E-state index in [4.69, 9.17) is 18.6 Å². The summed E-state index contributed by atoms with van der Waals surface area (Å²) >= 11 is 0. The lowest BCUT2D eigenvalue weighted by Gasteiger charge is -2.66. The number of ketones is 2. The molecule has 3 N–H and O–H groups in total. The molecule has 2 heterocycles. The van der Waals surface area contributed by atoms with E-state index in [1.165, 1.54) is 20.1 Å². The molecule has 0 unspecified atom stereocenters. The first-order chi connectivity index (χ1) is 19.1. The van der Waals surface area contributed by atoms with Crippen molar-refractivity contribution in [2.24, 2.45) is 27.6 Å². The largest absolute Gasteiger partial charge is 0.504 e. The molecule has 222 valence electrons. The molecule has 1 saturated heterocycles. The Kier molecular flexibility index (Phi) is 5.69. The summed E-state index contributed by atoms with van der Waals surface area (Å²) in [4.78, 5) is 53.9. The monoisotopic (exact) mass is 572 g/mol. The first-order valence-electron chi connectivity index (χ1n) is 14.0. The van der Waals surface area contributed by atoms with Gasteiger partial charge in [-0.15, -0.1) is 0 Å². The Labute approximate surface area is 236 Å². The van der Waals surface area contributed by atoms with Crippen LogP contribution in [0.1, 0.15) is 65.4 Å². The lowest BCUT2D eigenvalue weighted by atomic mass is 9.36. The first-order valence-corrected chi connectivity index (χ1v) is 14.0. The van der Waals surface area contributed by atoms with Crippen molar-refractivity contribution < 1.29 is 53.1 Å². The molecule has 11 nitrogen and oxygen atoms in total. The molecular weight excluding hydrogens is 536 g/mol. The van der Waals surface area contributed by atoms with Gasteiger partial charge in [0.15, 0.2) is 11.5 Å². The second-order valence-corrected chi connectivity index (χ2v) is 13.0. The lowest BCUT2D eigenvalue weighted by Crippen LogP contribution is -2.77. The predicted molar refractivity (Wildman–Crippen MR) is 138 cm³/mol. The molecule has 0 aromatic carbocycles. The van der Waals surface area contributed by atoms with Crippen molar-refractivity contribution in [2.75, 3.05) is 7.11 Å². The van der Waals surface area contributed by atoms with Crippen LogP contribution in [0, 0.1) is 27.6 Å². The van der Waals surface area contributed by atoms with Crippen molar-refractivity contribution in [3.8, 4) is 0 Å². The highest BCUT2D eigenvalue weighted by atomic mass is 16.6. The first kappa shape index (κ1) is 28.1. The van der Waals surface area contributed by atoms with Crippen LogP contribution in [0.4, 0.5) is 0 Å². The van der Waals surface area contributed by atoms with Gasteiger partial charge in [-0.25, -0.2) is 0 Å². The second-order valence-electron chi connectivity index (χ2n) is 13.0. The van der Waals surface area contributed by atoms with E-state index in [2.05, 4.69) is 0 Å². The van der Waals surface area contributed by atoms with Crippen LogP contribution in [0.2, 0.25) is 0 Å². The summed E-state index contributed by atoms with van der Waals surface area (Å²) in [6.45, 7) is 7.85. The third-order valence-electron chi connectivity index (χ3n) is 11.7. The summed E-state index contributed by atoms with van der Waals surface area (Å²) in [5.74, 6) is -5.51. The minimum atomic E-state index is -2.10. The Morgan fingerprint density at radius 3 is 2.41 bits per heavy atom. The maximum absolute atomic E-state index is 14.6.